The summed E-state index contributed by atoms with van der Waals surface area (Å²) in [6.45, 7) is 0. The summed E-state index contributed by atoms with van der Waals surface area (Å²) in [5.41, 5.74) is 1.26. The van der Waals surface area contributed by atoms with Gasteiger partial charge in [-0.25, -0.2) is 0 Å². The fourth-order valence-corrected chi connectivity index (χ4v) is 3.24. The number of amides is 1. The predicted molar refractivity (Wildman–Crippen MR) is 103 cm³/mol. The number of benzene rings is 1. The molecule has 0 aliphatic rings. The number of thiophene rings is 1. The summed E-state index contributed by atoms with van der Waals surface area (Å²) in [5.74, 6) is -0.569. The van der Waals surface area contributed by atoms with E-state index in [9.17, 15) is 19.6 Å². The average molecular weight is 391 g/mol. The molecule has 144 valence electrons. The lowest BCUT2D eigenvalue weighted by Gasteiger charge is -2.17. The zero-order valence-electron chi connectivity index (χ0n) is 15.2. The number of hydrogen-bond donors (Lipinski definition) is 3. The third kappa shape index (κ3) is 6.09. The molecule has 0 fully saturated rings. The molecule has 1 aromatic carbocycles. The molecule has 0 bridgehead atoms. The number of hydrogen-bond acceptors (Lipinski definition) is 7. The van der Waals surface area contributed by atoms with Gasteiger partial charge in [-0.15, -0.1) is 0 Å². The molecule has 27 heavy (non-hydrogen) atoms. The van der Waals surface area contributed by atoms with E-state index in [0.29, 0.717) is 23.5 Å². The summed E-state index contributed by atoms with van der Waals surface area (Å²) < 4.78 is 10.3. The number of carbonyl (C=O) groups is 2. The molecule has 2 aromatic rings. The van der Waals surface area contributed by atoms with Crippen LogP contribution in [0, 0.1) is 0 Å². The van der Waals surface area contributed by atoms with Crippen LogP contribution in [0.25, 0.3) is 0 Å². The Bertz CT molecular complexity index is 765. The van der Waals surface area contributed by atoms with Crippen LogP contribution in [0.4, 0.5) is 0 Å². The fourth-order valence-electron chi connectivity index (χ4n) is 2.56. The Hall–Kier alpha value is -2.36. The Kier molecular flexibility index (Phi) is 7.84. The lowest BCUT2D eigenvalue weighted by atomic mass is 9.76. The van der Waals surface area contributed by atoms with E-state index < -0.39 is 19.0 Å². The van der Waals surface area contributed by atoms with Crippen LogP contribution < -0.4 is 14.8 Å². The van der Waals surface area contributed by atoms with Gasteiger partial charge in [0.2, 0.25) is 5.91 Å². The van der Waals surface area contributed by atoms with Crippen LogP contribution in [0.2, 0.25) is 0 Å². The summed E-state index contributed by atoms with van der Waals surface area (Å²) in [6, 6.07) is 6.70. The van der Waals surface area contributed by atoms with E-state index in [-0.39, 0.29) is 18.6 Å². The normalized spacial score (nSPS) is 11.6. The molecule has 1 unspecified atom stereocenters. The molecule has 0 radical (unpaired) electrons. The molecule has 0 aliphatic carbocycles. The highest BCUT2D eigenvalue weighted by Crippen LogP contribution is 2.26. The van der Waals surface area contributed by atoms with E-state index in [1.807, 2.05) is 16.8 Å². The first-order valence-electron chi connectivity index (χ1n) is 8.36. The highest BCUT2D eigenvalue weighted by molar-refractivity contribution is 7.07. The van der Waals surface area contributed by atoms with Crippen molar-refractivity contribution in [3.8, 4) is 11.5 Å². The van der Waals surface area contributed by atoms with Crippen molar-refractivity contribution < 1.29 is 29.1 Å². The SMILES string of the molecule is COc1ccc(C(=O)CCC(=O)NC(Cc2ccsc2)B(O)O)c(OC)c1. The van der Waals surface area contributed by atoms with Gasteiger partial charge < -0.3 is 24.8 Å². The van der Waals surface area contributed by atoms with Crippen LogP contribution in [-0.2, 0) is 11.2 Å². The van der Waals surface area contributed by atoms with E-state index in [1.165, 1.54) is 25.6 Å². The highest BCUT2D eigenvalue weighted by atomic mass is 32.1. The van der Waals surface area contributed by atoms with Gasteiger partial charge in [-0.3, -0.25) is 9.59 Å². The van der Waals surface area contributed by atoms with Gasteiger partial charge in [0.1, 0.15) is 11.5 Å². The van der Waals surface area contributed by atoms with Gasteiger partial charge in [0.15, 0.2) is 5.78 Å². The molecule has 3 N–H and O–H groups in total. The molecule has 2 rings (SSSR count). The highest BCUT2D eigenvalue weighted by Gasteiger charge is 2.26. The van der Waals surface area contributed by atoms with Gasteiger partial charge in [0.05, 0.1) is 25.7 Å². The quantitative estimate of drug-likeness (QED) is 0.419. The minimum absolute atomic E-state index is 0.0266. The van der Waals surface area contributed by atoms with Crippen LogP contribution in [0.5, 0.6) is 11.5 Å². The van der Waals surface area contributed by atoms with Crippen LogP contribution in [-0.4, -0.2) is 49.0 Å². The maximum absolute atomic E-state index is 12.4. The van der Waals surface area contributed by atoms with Crippen molar-refractivity contribution in [3.63, 3.8) is 0 Å². The molecule has 1 aromatic heterocycles. The van der Waals surface area contributed by atoms with Gasteiger partial charge in [-0.1, -0.05) is 0 Å². The predicted octanol–water partition coefficient (Wildman–Crippen LogP) is 1.47. The molecule has 9 heteroatoms. The summed E-state index contributed by atoms with van der Waals surface area (Å²) in [5, 5.41) is 25.3. The third-order valence-electron chi connectivity index (χ3n) is 4.03. The molecular formula is C18H22BNO6S. The fraction of sp³-hybridized carbons (Fsp3) is 0.333. The van der Waals surface area contributed by atoms with Crippen molar-refractivity contribution in [1.29, 1.82) is 0 Å². The van der Waals surface area contributed by atoms with Crippen LogP contribution >= 0.6 is 11.3 Å². The molecule has 0 saturated carbocycles. The molecule has 0 spiro atoms. The van der Waals surface area contributed by atoms with Crippen molar-refractivity contribution in [1.82, 2.24) is 5.32 Å². The second-order valence-electron chi connectivity index (χ2n) is 5.91. The van der Waals surface area contributed by atoms with Gasteiger partial charge in [0, 0.05) is 18.9 Å². The minimum Gasteiger partial charge on any atom is -0.497 e. The Labute approximate surface area is 162 Å². The first-order chi connectivity index (χ1) is 12.9. The minimum atomic E-state index is -1.69. The Morgan fingerprint density at radius 1 is 1.19 bits per heavy atom. The van der Waals surface area contributed by atoms with E-state index in [4.69, 9.17) is 9.47 Å². The monoisotopic (exact) mass is 391 g/mol. The largest absolute Gasteiger partial charge is 0.497 e. The number of methoxy groups -OCH3 is 2. The summed E-state index contributed by atoms with van der Waals surface area (Å²) in [7, 11) is 1.28. The number of Topliss-reactive ketones (excluding diaryl/α,β-unsaturated/α-hetero) is 1. The van der Waals surface area contributed by atoms with E-state index in [1.54, 1.807) is 18.2 Å². The molecule has 1 atom stereocenters. The number of carbonyl (C=O) groups excluding carboxylic acids is 2. The van der Waals surface area contributed by atoms with Crippen LogP contribution in [0.1, 0.15) is 28.8 Å². The Balaban J connectivity index is 1.93. The number of ketones is 1. The van der Waals surface area contributed by atoms with E-state index >= 15 is 0 Å². The van der Waals surface area contributed by atoms with Crippen molar-refractivity contribution in [2.24, 2.45) is 0 Å². The van der Waals surface area contributed by atoms with Gasteiger partial charge >= 0.3 is 7.12 Å². The van der Waals surface area contributed by atoms with E-state index in [2.05, 4.69) is 5.32 Å². The van der Waals surface area contributed by atoms with E-state index in [0.717, 1.165) is 5.56 Å². The molecule has 7 nitrogen and oxygen atoms in total. The summed E-state index contributed by atoms with van der Waals surface area (Å²) in [4.78, 5) is 24.5. The number of ether oxygens (including phenoxy) is 2. The average Bonchev–Trinajstić information content (AvgIpc) is 3.18. The summed E-state index contributed by atoms with van der Waals surface area (Å²) >= 11 is 1.49. The maximum atomic E-state index is 12.4. The Morgan fingerprint density at radius 3 is 2.56 bits per heavy atom. The lowest BCUT2D eigenvalue weighted by Crippen LogP contribution is -2.47. The Morgan fingerprint density at radius 2 is 1.96 bits per heavy atom. The molecule has 0 aliphatic heterocycles. The van der Waals surface area contributed by atoms with Gasteiger partial charge in [-0.2, -0.15) is 11.3 Å². The van der Waals surface area contributed by atoms with Crippen molar-refractivity contribution >= 4 is 30.1 Å². The topological polar surface area (TPSA) is 105 Å². The van der Waals surface area contributed by atoms with Crippen molar-refractivity contribution in [2.45, 2.75) is 25.2 Å². The van der Waals surface area contributed by atoms with Crippen molar-refractivity contribution in [3.05, 3.63) is 46.2 Å². The van der Waals surface area contributed by atoms with Crippen LogP contribution in [0.3, 0.4) is 0 Å². The van der Waals surface area contributed by atoms with Gasteiger partial charge in [-0.05, 0) is 40.9 Å². The first-order valence-corrected chi connectivity index (χ1v) is 9.30. The summed E-state index contributed by atoms with van der Waals surface area (Å²) in [6.07, 6.45) is 0.204. The zero-order chi connectivity index (χ0) is 19.8. The zero-order valence-corrected chi connectivity index (χ0v) is 16.0. The number of nitrogens with one attached hydrogen (secondary N) is 1. The second-order valence-corrected chi connectivity index (χ2v) is 6.69. The molecule has 0 saturated heterocycles. The molecule has 1 heterocycles. The molecular weight excluding hydrogens is 369 g/mol. The van der Waals surface area contributed by atoms with Crippen molar-refractivity contribution in [2.75, 3.05) is 14.2 Å². The van der Waals surface area contributed by atoms with Crippen LogP contribution in [0.15, 0.2) is 35.0 Å². The molecule has 1 amide bonds. The number of rotatable bonds is 10. The smallest absolute Gasteiger partial charge is 0.475 e. The second kappa shape index (κ2) is 10.1. The van der Waals surface area contributed by atoms with Gasteiger partial charge in [0.25, 0.3) is 0 Å². The third-order valence-corrected chi connectivity index (χ3v) is 4.76. The maximum Gasteiger partial charge on any atom is 0.475 e. The standard InChI is InChI=1S/C18H22BNO6S/c1-25-13-3-4-14(16(10-13)26-2)15(21)5-6-18(22)20-17(19(23)24)9-12-7-8-27-11-12/h3-4,7-8,10-11,17,23-24H,5-6,9H2,1-2H3,(H,20,22). The first kappa shape index (κ1) is 21.0. The lowest BCUT2D eigenvalue weighted by molar-refractivity contribution is -0.121.